The van der Waals surface area contributed by atoms with Gasteiger partial charge < -0.3 is 25.3 Å². The van der Waals surface area contributed by atoms with Crippen LogP contribution in [-0.2, 0) is 4.79 Å². The topological polar surface area (TPSA) is 86.5 Å². The zero-order chi connectivity index (χ0) is 24.0. The SMILES string of the molecule is COc1ccc2[nH]cc(C=C(NC(=O)c3ccccc3)C(=O)NCC(C)(C)CN(C)C)c2c1. The molecule has 0 fully saturated rings. The zero-order valence-electron chi connectivity index (χ0n) is 19.9. The summed E-state index contributed by atoms with van der Waals surface area (Å²) in [6.07, 6.45) is 3.50. The Bertz CT molecular complexity index is 1150. The summed E-state index contributed by atoms with van der Waals surface area (Å²) in [7, 11) is 5.61. The first-order valence-electron chi connectivity index (χ1n) is 10.8. The third kappa shape index (κ3) is 6.46. The number of fused-ring (bicyclic) bond motifs is 1. The first-order chi connectivity index (χ1) is 15.7. The quantitative estimate of drug-likeness (QED) is 0.436. The van der Waals surface area contributed by atoms with Crippen molar-refractivity contribution in [3.8, 4) is 5.75 Å². The van der Waals surface area contributed by atoms with Gasteiger partial charge in [0.2, 0.25) is 0 Å². The molecule has 0 radical (unpaired) electrons. The number of carbonyl (C=O) groups is 2. The number of carbonyl (C=O) groups excluding carboxylic acids is 2. The van der Waals surface area contributed by atoms with Gasteiger partial charge in [0.1, 0.15) is 11.4 Å². The minimum absolute atomic E-state index is 0.137. The highest BCUT2D eigenvalue weighted by Crippen LogP contribution is 2.25. The fraction of sp³-hybridized carbons (Fsp3) is 0.308. The van der Waals surface area contributed by atoms with Gasteiger partial charge in [-0.05, 0) is 55.9 Å². The molecule has 3 aromatic rings. The van der Waals surface area contributed by atoms with Crippen LogP contribution in [0.25, 0.3) is 17.0 Å². The molecule has 7 heteroatoms. The molecule has 3 N–H and O–H groups in total. The van der Waals surface area contributed by atoms with Gasteiger partial charge in [-0.3, -0.25) is 9.59 Å². The molecular formula is C26H32N4O3. The largest absolute Gasteiger partial charge is 0.497 e. The van der Waals surface area contributed by atoms with Gasteiger partial charge in [-0.1, -0.05) is 32.0 Å². The normalized spacial score (nSPS) is 12.1. The first kappa shape index (κ1) is 24.1. The van der Waals surface area contributed by atoms with Gasteiger partial charge in [0.05, 0.1) is 7.11 Å². The highest BCUT2D eigenvalue weighted by molar-refractivity contribution is 6.06. The lowest BCUT2D eigenvalue weighted by Crippen LogP contribution is -2.42. The number of hydrogen-bond donors (Lipinski definition) is 3. The second kappa shape index (κ2) is 10.4. The summed E-state index contributed by atoms with van der Waals surface area (Å²) in [4.78, 5) is 31.3. The fourth-order valence-electron chi connectivity index (χ4n) is 3.79. The van der Waals surface area contributed by atoms with Crippen LogP contribution in [0, 0.1) is 5.41 Å². The number of methoxy groups -OCH3 is 1. The Labute approximate surface area is 194 Å². The Kier molecular flexibility index (Phi) is 7.55. The Hall–Kier alpha value is -3.58. The molecule has 0 spiro atoms. The lowest BCUT2D eigenvalue weighted by molar-refractivity contribution is -0.118. The summed E-state index contributed by atoms with van der Waals surface area (Å²) in [6.45, 7) is 5.45. The molecule has 0 aliphatic carbocycles. The van der Waals surface area contributed by atoms with Gasteiger partial charge >= 0.3 is 0 Å². The van der Waals surface area contributed by atoms with Crippen molar-refractivity contribution in [2.45, 2.75) is 13.8 Å². The monoisotopic (exact) mass is 448 g/mol. The van der Waals surface area contributed by atoms with Crippen molar-refractivity contribution in [3.05, 3.63) is 71.6 Å². The molecule has 0 saturated carbocycles. The Morgan fingerprint density at radius 3 is 2.52 bits per heavy atom. The fourth-order valence-corrected chi connectivity index (χ4v) is 3.79. The summed E-state index contributed by atoms with van der Waals surface area (Å²) in [6, 6.07) is 14.5. The maximum Gasteiger partial charge on any atom is 0.267 e. The molecule has 0 atom stereocenters. The number of aromatic amines is 1. The lowest BCUT2D eigenvalue weighted by Gasteiger charge is -2.28. The van der Waals surface area contributed by atoms with Crippen LogP contribution in [0.15, 0.2) is 60.4 Å². The highest BCUT2D eigenvalue weighted by atomic mass is 16.5. The maximum atomic E-state index is 13.2. The van der Waals surface area contributed by atoms with Gasteiger partial charge in [0.15, 0.2) is 0 Å². The van der Waals surface area contributed by atoms with E-state index in [1.54, 1.807) is 37.5 Å². The summed E-state index contributed by atoms with van der Waals surface area (Å²) in [5.74, 6) is 0.0202. The number of nitrogens with one attached hydrogen (secondary N) is 3. The van der Waals surface area contributed by atoms with Crippen molar-refractivity contribution in [2.75, 3.05) is 34.3 Å². The molecule has 3 rings (SSSR count). The molecule has 7 nitrogen and oxygen atoms in total. The van der Waals surface area contributed by atoms with Gasteiger partial charge in [0.25, 0.3) is 11.8 Å². The van der Waals surface area contributed by atoms with E-state index in [9.17, 15) is 9.59 Å². The molecule has 33 heavy (non-hydrogen) atoms. The van der Waals surface area contributed by atoms with Crippen molar-refractivity contribution in [1.82, 2.24) is 20.5 Å². The van der Waals surface area contributed by atoms with Gasteiger partial charge in [-0.15, -0.1) is 0 Å². The second-order valence-electron chi connectivity index (χ2n) is 9.12. The van der Waals surface area contributed by atoms with Crippen LogP contribution >= 0.6 is 0 Å². The zero-order valence-corrected chi connectivity index (χ0v) is 19.9. The van der Waals surface area contributed by atoms with Crippen molar-refractivity contribution >= 4 is 28.8 Å². The smallest absolute Gasteiger partial charge is 0.267 e. The van der Waals surface area contributed by atoms with E-state index in [2.05, 4.69) is 34.4 Å². The van der Waals surface area contributed by atoms with Crippen molar-refractivity contribution < 1.29 is 14.3 Å². The summed E-state index contributed by atoms with van der Waals surface area (Å²) >= 11 is 0. The molecule has 2 amide bonds. The van der Waals surface area contributed by atoms with Crippen LogP contribution in [-0.4, -0.2) is 56.0 Å². The van der Waals surface area contributed by atoms with E-state index in [0.717, 1.165) is 23.0 Å². The molecule has 0 aliphatic rings. The number of rotatable bonds is 9. The molecule has 0 bridgehead atoms. The number of amides is 2. The van der Waals surface area contributed by atoms with Crippen LogP contribution in [0.4, 0.5) is 0 Å². The van der Waals surface area contributed by atoms with E-state index in [-0.39, 0.29) is 22.9 Å². The number of benzene rings is 2. The van der Waals surface area contributed by atoms with Gasteiger partial charge in [0, 0.05) is 41.3 Å². The Morgan fingerprint density at radius 1 is 1.12 bits per heavy atom. The summed E-state index contributed by atoms with van der Waals surface area (Å²) in [5, 5.41) is 6.67. The van der Waals surface area contributed by atoms with E-state index in [1.807, 2.05) is 44.6 Å². The number of H-pyrrole nitrogens is 1. The third-order valence-corrected chi connectivity index (χ3v) is 5.22. The standard InChI is InChI=1S/C26H32N4O3/c1-26(2,17-30(3)4)16-28-25(32)23(29-24(31)18-9-7-6-8-10-18)13-19-15-27-22-12-11-20(33-5)14-21(19)22/h6-15,27H,16-17H2,1-5H3,(H,28,32)(H,29,31). The number of aromatic nitrogens is 1. The summed E-state index contributed by atoms with van der Waals surface area (Å²) < 4.78 is 5.34. The maximum absolute atomic E-state index is 13.2. The van der Waals surface area contributed by atoms with Gasteiger partial charge in [-0.25, -0.2) is 0 Å². The molecule has 174 valence electrons. The van der Waals surface area contributed by atoms with Crippen LogP contribution in [0.3, 0.4) is 0 Å². The van der Waals surface area contributed by atoms with Crippen LogP contribution in [0.2, 0.25) is 0 Å². The van der Waals surface area contributed by atoms with Crippen LogP contribution < -0.4 is 15.4 Å². The molecule has 1 aromatic heterocycles. The highest BCUT2D eigenvalue weighted by Gasteiger charge is 2.22. The van der Waals surface area contributed by atoms with E-state index in [1.165, 1.54) is 0 Å². The van der Waals surface area contributed by atoms with Crippen molar-refractivity contribution in [1.29, 1.82) is 0 Å². The number of nitrogens with zero attached hydrogens (tertiary/aromatic N) is 1. The first-order valence-corrected chi connectivity index (χ1v) is 10.8. The molecule has 2 aromatic carbocycles. The predicted molar refractivity (Wildman–Crippen MR) is 132 cm³/mol. The number of hydrogen-bond acceptors (Lipinski definition) is 4. The molecular weight excluding hydrogens is 416 g/mol. The minimum Gasteiger partial charge on any atom is -0.497 e. The molecule has 0 unspecified atom stereocenters. The van der Waals surface area contributed by atoms with E-state index >= 15 is 0 Å². The Morgan fingerprint density at radius 2 is 1.85 bits per heavy atom. The van der Waals surface area contributed by atoms with Crippen LogP contribution in [0.5, 0.6) is 5.75 Å². The van der Waals surface area contributed by atoms with E-state index in [4.69, 9.17) is 4.74 Å². The van der Waals surface area contributed by atoms with E-state index in [0.29, 0.717) is 17.9 Å². The summed E-state index contributed by atoms with van der Waals surface area (Å²) in [5.41, 5.74) is 2.19. The molecule has 0 saturated heterocycles. The molecule has 1 heterocycles. The second-order valence-corrected chi connectivity index (χ2v) is 9.12. The average Bonchev–Trinajstić information content (AvgIpc) is 3.18. The number of ether oxygens (including phenoxy) is 1. The predicted octanol–water partition coefficient (Wildman–Crippen LogP) is 3.65. The lowest BCUT2D eigenvalue weighted by atomic mass is 9.93. The van der Waals surface area contributed by atoms with E-state index < -0.39 is 0 Å². The molecule has 0 aliphatic heterocycles. The Balaban J connectivity index is 1.91. The third-order valence-electron chi connectivity index (χ3n) is 5.22. The van der Waals surface area contributed by atoms with Crippen molar-refractivity contribution in [2.24, 2.45) is 5.41 Å². The van der Waals surface area contributed by atoms with Crippen LogP contribution in [0.1, 0.15) is 29.8 Å². The van der Waals surface area contributed by atoms with Crippen molar-refractivity contribution in [3.63, 3.8) is 0 Å². The van der Waals surface area contributed by atoms with Gasteiger partial charge in [-0.2, -0.15) is 0 Å². The minimum atomic E-state index is -0.345. The average molecular weight is 449 g/mol.